The average molecular weight is 372 g/mol. The zero-order valence-corrected chi connectivity index (χ0v) is 14.3. The van der Waals surface area contributed by atoms with Gasteiger partial charge in [-0.1, -0.05) is 0 Å². The Morgan fingerprint density at radius 2 is 2.21 bits per heavy atom. The number of rotatable bonds is 7. The van der Waals surface area contributed by atoms with E-state index in [0.717, 1.165) is 20.7 Å². The average Bonchev–Trinajstić information content (AvgIpc) is 2.66. The number of halogens is 1. The molecule has 1 atom stereocenters. The zero-order valence-electron chi connectivity index (χ0n) is 11.1. The molecule has 1 heterocycles. The predicted octanol–water partition coefficient (Wildman–Crippen LogP) is 1.88. The van der Waals surface area contributed by atoms with Gasteiger partial charge in [0.2, 0.25) is 10.0 Å². The third-order valence-corrected chi connectivity index (χ3v) is 6.60. The van der Waals surface area contributed by atoms with Crippen molar-refractivity contribution < 1.29 is 18.3 Å². The van der Waals surface area contributed by atoms with Gasteiger partial charge >= 0.3 is 0 Å². The lowest BCUT2D eigenvalue weighted by Crippen LogP contribution is -2.41. The molecule has 5 nitrogen and oxygen atoms in total. The molecule has 1 aromatic rings. The first-order valence-corrected chi connectivity index (χ1v) is 8.74. The van der Waals surface area contributed by atoms with Crippen LogP contribution in [0.4, 0.5) is 0 Å². The first-order chi connectivity index (χ1) is 8.68. The number of hydrogen-bond donors (Lipinski definition) is 2. The van der Waals surface area contributed by atoms with Crippen LogP contribution in [0.3, 0.4) is 0 Å². The Bertz CT molecular complexity index is 505. The number of methoxy groups -OCH3 is 1. The van der Waals surface area contributed by atoms with Gasteiger partial charge < -0.3 is 9.84 Å². The number of ether oxygens (including phenoxy) is 1. The van der Waals surface area contributed by atoms with E-state index in [2.05, 4.69) is 20.7 Å². The van der Waals surface area contributed by atoms with Gasteiger partial charge in [0.05, 0.1) is 9.39 Å². The van der Waals surface area contributed by atoms with Crippen molar-refractivity contribution in [3.63, 3.8) is 0 Å². The molecule has 1 unspecified atom stereocenters. The molecule has 0 fully saturated rings. The zero-order chi connectivity index (χ0) is 14.7. The van der Waals surface area contributed by atoms with Gasteiger partial charge in [0.1, 0.15) is 4.21 Å². The van der Waals surface area contributed by atoms with Gasteiger partial charge in [0.25, 0.3) is 0 Å². The molecule has 0 aliphatic heterocycles. The molecule has 0 saturated heterocycles. The van der Waals surface area contributed by atoms with Gasteiger partial charge in [0.15, 0.2) is 0 Å². The standard InChI is InChI=1S/C11H18BrNO4S2/c1-8-6-9(18-10(8)12)19(15,16)13-7-11(2,14)4-5-17-3/h6,13-14H,4-5,7H2,1-3H3. The van der Waals surface area contributed by atoms with Crippen LogP contribution in [0.25, 0.3) is 0 Å². The summed E-state index contributed by atoms with van der Waals surface area (Å²) in [5.74, 6) is 0. The molecular formula is C11H18BrNO4S2. The first kappa shape index (κ1) is 17.1. The number of aliphatic hydroxyl groups is 1. The normalized spacial score (nSPS) is 15.4. The molecule has 0 bridgehead atoms. The minimum Gasteiger partial charge on any atom is -0.389 e. The second-order valence-electron chi connectivity index (χ2n) is 4.59. The highest BCUT2D eigenvalue weighted by atomic mass is 79.9. The fraction of sp³-hybridized carbons (Fsp3) is 0.636. The van der Waals surface area contributed by atoms with Crippen LogP contribution in [0.15, 0.2) is 14.1 Å². The summed E-state index contributed by atoms with van der Waals surface area (Å²) >= 11 is 4.44. The molecule has 0 aliphatic rings. The van der Waals surface area contributed by atoms with Crippen LogP contribution in [0.1, 0.15) is 18.9 Å². The summed E-state index contributed by atoms with van der Waals surface area (Å²) in [6, 6.07) is 1.60. The van der Waals surface area contributed by atoms with Crippen LogP contribution in [0, 0.1) is 6.92 Å². The Morgan fingerprint density at radius 1 is 1.58 bits per heavy atom. The highest BCUT2D eigenvalue weighted by molar-refractivity contribution is 9.11. The Balaban J connectivity index is 2.70. The SMILES string of the molecule is COCCC(C)(O)CNS(=O)(=O)c1cc(C)c(Br)s1. The van der Waals surface area contributed by atoms with Gasteiger partial charge in [-0.2, -0.15) is 0 Å². The van der Waals surface area contributed by atoms with E-state index in [0.29, 0.717) is 13.0 Å². The van der Waals surface area contributed by atoms with Crippen LogP contribution >= 0.6 is 27.3 Å². The Kier molecular flexibility index (Phi) is 5.96. The van der Waals surface area contributed by atoms with Gasteiger partial charge in [-0.3, -0.25) is 0 Å². The third-order valence-electron chi connectivity index (χ3n) is 2.59. The molecule has 0 radical (unpaired) electrons. The minimum atomic E-state index is -3.58. The maximum atomic E-state index is 12.1. The number of nitrogens with one attached hydrogen (secondary N) is 1. The molecule has 0 aromatic carbocycles. The van der Waals surface area contributed by atoms with Crippen molar-refractivity contribution in [2.24, 2.45) is 0 Å². The van der Waals surface area contributed by atoms with E-state index in [4.69, 9.17) is 4.74 Å². The lowest BCUT2D eigenvalue weighted by molar-refractivity contribution is 0.0292. The van der Waals surface area contributed by atoms with Gasteiger partial charge in [-0.25, -0.2) is 13.1 Å². The molecule has 2 N–H and O–H groups in total. The summed E-state index contributed by atoms with van der Waals surface area (Å²) < 4.78 is 32.4. The predicted molar refractivity (Wildman–Crippen MR) is 79.1 cm³/mol. The molecule has 1 aromatic heterocycles. The maximum Gasteiger partial charge on any atom is 0.250 e. The Morgan fingerprint density at radius 3 is 2.68 bits per heavy atom. The van der Waals surface area contributed by atoms with E-state index in [1.165, 1.54) is 7.11 Å². The van der Waals surface area contributed by atoms with E-state index in [1.54, 1.807) is 13.0 Å². The Hall–Kier alpha value is 0.01000. The van der Waals surface area contributed by atoms with E-state index < -0.39 is 15.6 Å². The monoisotopic (exact) mass is 371 g/mol. The number of thiophene rings is 1. The third kappa shape index (κ3) is 5.13. The lowest BCUT2D eigenvalue weighted by Gasteiger charge is -2.22. The number of sulfonamides is 1. The quantitative estimate of drug-likeness (QED) is 0.767. The fourth-order valence-corrected chi connectivity index (χ4v) is 4.73. The van der Waals surface area contributed by atoms with E-state index in [1.807, 2.05) is 6.92 Å². The van der Waals surface area contributed by atoms with Crippen molar-refractivity contribution in [3.05, 3.63) is 15.4 Å². The smallest absolute Gasteiger partial charge is 0.250 e. The van der Waals surface area contributed by atoms with Crippen LogP contribution in [0.2, 0.25) is 0 Å². The van der Waals surface area contributed by atoms with E-state index in [9.17, 15) is 13.5 Å². The summed E-state index contributed by atoms with van der Waals surface area (Å²) in [5.41, 5.74) is -0.261. The van der Waals surface area contributed by atoms with E-state index in [-0.39, 0.29) is 10.8 Å². The van der Waals surface area contributed by atoms with Gasteiger partial charge in [0, 0.05) is 26.7 Å². The van der Waals surface area contributed by atoms with Crippen LogP contribution in [-0.4, -0.2) is 39.4 Å². The molecule has 0 saturated carbocycles. The highest BCUT2D eigenvalue weighted by Gasteiger charge is 2.25. The molecule has 0 aliphatic carbocycles. The summed E-state index contributed by atoms with van der Waals surface area (Å²) in [6.45, 7) is 3.73. The summed E-state index contributed by atoms with van der Waals surface area (Å²) in [4.78, 5) is 0. The molecule has 110 valence electrons. The van der Waals surface area contributed by atoms with E-state index >= 15 is 0 Å². The Labute approximate surface area is 126 Å². The molecule has 0 amide bonds. The number of aryl methyl sites for hydroxylation is 1. The lowest BCUT2D eigenvalue weighted by atomic mass is 10.0. The topological polar surface area (TPSA) is 75.6 Å². The van der Waals surface area contributed by atoms with Crippen molar-refractivity contribution in [3.8, 4) is 0 Å². The van der Waals surface area contributed by atoms with Crippen molar-refractivity contribution >= 4 is 37.3 Å². The molecule has 1 rings (SSSR count). The molecule has 0 spiro atoms. The van der Waals surface area contributed by atoms with Crippen molar-refractivity contribution in [2.45, 2.75) is 30.1 Å². The second kappa shape index (κ2) is 6.64. The van der Waals surface area contributed by atoms with Gasteiger partial charge in [-0.15, -0.1) is 11.3 Å². The number of hydrogen-bond acceptors (Lipinski definition) is 5. The first-order valence-electron chi connectivity index (χ1n) is 5.65. The molecular weight excluding hydrogens is 354 g/mol. The van der Waals surface area contributed by atoms with Crippen molar-refractivity contribution in [2.75, 3.05) is 20.3 Å². The summed E-state index contributed by atoms with van der Waals surface area (Å²) in [7, 11) is -2.05. The van der Waals surface area contributed by atoms with Crippen molar-refractivity contribution in [1.29, 1.82) is 0 Å². The fourth-order valence-electron chi connectivity index (χ4n) is 1.30. The van der Waals surface area contributed by atoms with Crippen LogP contribution in [-0.2, 0) is 14.8 Å². The summed E-state index contributed by atoms with van der Waals surface area (Å²) in [5, 5.41) is 10.0. The maximum absolute atomic E-state index is 12.1. The largest absolute Gasteiger partial charge is 0.389 e. The molecule has 8 heteroatoms. The van der Waals surface area contributed by atoms with Crippen LogP contribution in [0.5, 0.6) is 0 Å². The van der Waals surface area contributed by atoms with Crippen molar-refractivity contribution in [1.82, 2.24) is 4.72 Å². The molecule has 19 heavy (non-hydrogen) atoms. The highest BCUT2D eigenvalue weighted by Crippen LogP contribution is 2.30. The van der Waals surface area contributed by atoms with Crippen LogP contribution < -0.4 is 4.72 Å². The minimum absolute atomic E-state index is 0.0484. The second-order valence-corrected chi connectivity index (χ2v) is 8.95. The van der Waals surface area contributed by atoms with Gasteiger partial charge in [-0.05, 0) is 41.4 Å². The summed E-state index contributed by atoms with van der Waals surface area (Å²) in [6.07, 6.45) is 0.360.